The highest BCUT2D eigenvalue weighted by molar-refractivity contribution is 6.33. The lowest BCUT2D eigenvalue weighted by molar-refractivity contribution is 0.0923. The van der Waals surface area contributed by atoms with Crippen molar-refractivity contribution in [2.75, 3.05) is 7.11 Å². The van der Waals surface area contributed by atoms with E-state index in [0.717, 1.165) is 11.1 Å². The van der Waals surface area contributed by atoms with Crippen LogP contribution < -0.4 is 10.1 Å². The van der Waals surface area contributed by atoms with Crippen molar-refractivity contribution in [1.82, 2.24) is 10.3 Å². The molecule has 1 amide bonds. The Morgan fingerprint density at radius 1 is 1.21 bits per heavy atom. The minimum absolute atomic E-state index is 0.216. The van der Waals surface area contributed by atoms with E-state index >= 15 is 0 Å². The Morgan fingerprint density at radius 3 is 2.83 bits per heavy atom. The third-order valence-electron chi connectivity index (χ3n) is 3.45. The first-order valence-electron chi connectivity index (χ1n) is 7.30. The largest absolute Gasteiger partial charge is 0.481 e. The van der Waals surface area contributed by atoms with Crippen LogP contribution in [0.5, 0.6) is 5.88 Å². The van der Waals surface area contributed by atoms with Crippen molar-refractivity contribution in [3.8, 4) is 17.2 Å². The van der Waals surface area contributed by atoms with Crippen LogP contribution in [-0.4, -0.2) is 18.0 Å². The second-order valence-electron chi connectivity index (χ2n) is 5.00. The average molecular weight is 343 g/mol. The number of pyridine rings is 1. The monoisotopic (exact) mass is 342 g/mol. The highest BCUT2D eigenvalue weighted by Gasteiger charge is 2.14. The van der Waals surface area contributed by atoms with Gasteiger partial charge in [-0.1, -0.05) is 29.8 Å². The van der Waals surface area contributed by atoms with E-state index in [1.165, 1.54) is 7.11 Å². The topological polar surface area (TPSA) is 64.4 Å². The molecule has 0 saturated heterocycles. The summed E-state index contributed by atoms with van der Waals surface area (Å²) < 4.78 is 10.8. The molecular formula is C18H15ClN2O3. The quantitative estimate of drug-likeness (QED) is 0.763. The van der Waals surface area contributed by atoms with Gasteiger partial charge in [0.25, 0.3) is 5.91 Å². The van der Waals surface area contributed by atoms with Gasteiger partial charge in [0.15, 0.2) is 5.76 Å². The van der Waals surface area contributed by atoms with Gasteiger partial charge in [-0.05, 0) is 30.3 Å². The van der Waals surface area contributed by atoms with Crippen LogP contribution in [0.25, 0.3) is 11.3 Å². The number of rotatable bonds is 5. The van der Waals surface area contributed by atoms with Crippen LogP contribution in [0.2, 0.25) is 5.02 Å². The number of amides is 1. The van der Waals surface area contributed by atoms with E-state index in [0.29, 0.717) is 16.7 Å². The zero-order valence-electron chi connectivity index (χ0n) is 13.0. The number of halogens is 1. The number of carbonyl (C=O) groups is 1. The fraction of sp³-hybridized carbons (Fsp3) is 0.111. The predicted octanol–water partition coefficient (Wildman–Crippen LogP) is 3.93. The van der Waals surface area contributed by atoms with E-state index in [9.17, 15) is 4.79 Å². The van der Waals surface area contributed by atoms with Gasteiger partial charge in [0.05, 0.1) is 12.1 Å². The van der Waals surface area contributed by atoms with Crippen LogP contribution in [-0.2, 0) is 6.54 Å². The van der Waals surface area contributed by atoms with Crippen molar-refractivity contribution in [3.63, 3.8) is 0 Å². The molecule has 0 fully saturated rings. The van der Waals surface area contributed by atoms with E-state index in [-0.39, 0.29) is 18.2 Å². The maximum Gasteiger partial charge on any atom is 0.287 e. The highest BCUT2D eigenvalue weighted by Crippen LogP contribution is 2.29. The Kier molecular flexibility index (Phi) is 4.82. The minimum Gasteiger partial charge on any atom is -0.481 e. The van der Waals surface area contributed by atoms with Crippen molar-refractivity contribution < 1.29 is 13.9 Å². The van der Waals surface area contributed by atoms with Gasteiger partial charge in [-0.15, -0.1) is 0 Å². The Hall–Kier alpha value is -2.79. The molecule has 0 spiro atoms. The van der Waals surface area contributed by atoms with Crippen LogP contribution in [0, 0.1) is 0 Å². The summed E-state index contributed by atoms with van der Waals surface area (Å²) in [6.07, 6.45) is 1.63. The predicted molar refractivity (Wildman–Crippen MR) is 91.1 cm³/mol. The molecule has 5 nitrogen and oxygen atoms in total. The Bertz CT molecular complexity index is 861. The smallest absolute Gasteiger partial charge is 0.287 e. The molecule has 1 aromatic carbocycles. The summed E-state index contributed by atoms with van der Waals surface area (Å²) in [6, 6.07) is 14.3. The summed E-state index contributed by atoms with van der Waals surface area (Å²) in [6.45, 7) is 0.290. The van der Waals surface area contributed by atoms with Crippen LogP contribution in [0.1, 0.15) is 16.1 Å². The van der Waals surface area contributed by atoms with Crippen molar-refractivity contribution in [1.29, 1.82) is 0 Å². The molecule has 2 heterocycles. The number of ether oxygens (including phenoxy) is 1. The lowest BCUT2D eigenvalue weighted by atomic mass is 10.2. The van der Waals surface area contributed by atoms with E-state index in [2.05, 4.69) is 10.3 Å². The van der Waals surface area contributed by atoms with E-state index in [1.54, 1.807) is 30.5 Å². The number of benzene rings is 1. The van der Waals surface area contributed by atoms with Crippen molar-refractivity contribution in [2.24, 2.45) is 0 Å². The van der Waals surface area contributed by atoms with Crippen LogP contribution in [0.15, 0.2) is 59.1 Å². The Morgan fingerprint density at radius 2 is 2.04 bits per heavy atom. The molecule has 24 heavy (non-hydrogen) atoms. The van der Waals surface area contributed by atoms with Gasteiger partial charge in [-0.3, -0.25) is 4.79 Å². The first-order chi connectivity index (χ1) is 11.7. The number of aromatic nitrogens is 1. The average Bonchev–Trinajstić information content (AvgIpc) is 3.10. The van der Waals surface area contributed by atoms with E-state index in [1.807, 2.05) is 24.3 Å². The molecule has 0 aliphatic rings. The molecule has 0 bridgehead atoms. The standard InChI is InChI=1S/C18H15ClN2O3/c1-23-18-12(5-4-10-20-18)11-21-17(22)16-9-8-15(24-16)13-6-2-3-7-14(13)19/h2-10H,11H2,1H3,(H,21,22). The van der Waals surface area contributed by atoms with Crippen molar-refractivity contribution >= 4 is 17.5 Å². The van der Waals surface area contributed by atoms with Gasteiger partial charge in [0, 0.05) is 23.9 Å². The minimum atomic E-state index is -0.320. The first-order valence-corrected chi connectivity index (χ1v) is 7.67. The zero-order valence-corrected chi connectivity index (χ0v) is 13.7. The Balaban J connectivity index is 1.71. The molecule has 0 saturated carbocycles. The number of nitrogens with zero attached hydrogens (tertiary/aromatic N) is 1. The molecule has 3 aromatic rings. The molecule has 6 heteroatoms. The fourth-order valence-electron chi connectivity index (χ4n) is 2.27. The molecule has 1 N–H and O–H groups in total. The zero-order chi connectivity index (χ0) is 16.9. The van der Waals surface area contributed by atoms with Crippen LogP contribution >= 0.6 is 11.6 Å². The van der Waals surface area contributed by atoms with Gasteiger partial charge in [0.2, 0.25) is 5.88 Å². The summed E-state index contributed by atoms with van der Waals surface area (Å²) in [4.78, 5) is 16.3. The summed E-state index contributed by atoms with van der Waals surface area (Å²) in [5, 5.41) is 3.35. The van der Waals surface area contributed by atoms with Crippen LogP contribution in [0.4, 0.5) is 0 Å². The van der Waals surface area contributed by atoms with E-state index < -0.39 is 0 Å². The molecule has 2 aromatic heterocycles. The van der Waals surface area contributed by atoms with Crippen molar-refractivity contribution in [2.45, 2.75) is 6.54 Å². The second-order valence-corrected chi connectivity index (χ2v) is 5.41. The number of furan rings is 1. The molecular weight excluding hydrogens is 328 g/mol. The third kappa shape index (κ3) is 3.41. The summed E-state index contributed by atoms with van der Waals surface area (Å²) in [5.41, 5.74) is 1.53. The molecule has 3 rings (SSSR count). The van der Waals surface area contributed by atoms with Gasteiger partial charge in [-0.25, -0.2) is 4.98 Å². The maximum absolute atomic E-state index is 12.2. The lowest BCUT2D eigenvalue weighted by Gasteiger charge is -2.07. The van der Waals surface area contributed by atoms with Gasteiger partial charge in [0.1, 0.15) is 5.76 Å². The second kappa shape index (κ2) is 7.19. The summed E-state index contributed by atoms with van der Waals surface area (Å²) >= 11 is 6.14. The van der Waals surface area contributed by atoms with Gasteiger partial charge < -0.3 is 14.5 Å². The molecule has 122 valence electrons. The fourth-order valence-corrected chi connectivity index (χ4v) is 2.50. The van der Waals surface area contributed by atoms with Crippen molar-refractivity contribution in [3.05, 3.63) is 71.1 Å². The van der Waals surface area contributed by atoms with Crippen LogP contribution in [0.3, 0.4) is 0 Å². The van der Waals surface area contributed by atoms with Gasteiger partial charge in [-0.2, -0.15) is 0 Å². The molecule has 0 aliphatic heterocycles. The SMILES string of the molecule is COc1ncccc1CNC(=O)c1ccc(-c2ccccc2Cl)o1. The number of carbonyl (C=O) groups excluding carboxylic acids is 1. The highest BCUT2D eigenvalue weighted by atomic mass is 35.5. The molecule has 0 aliphatic carbocycles. The van der Waals surface area contributed by atoms with E-state index in [4.69, 9.17) is 20.8 Å². The number of hydrogen-bond acceptors (Lipinski definition) is 4. The first kappa shape index (κ1) is 16.1. The summed E-state index contributed by atoms with van der Waals surface area (Å²) in [7, 11) is 1.54. The molecule has 0 unspecified atom stereocenters. The molecule has 0 atom stereocenters. The third-order valence-corrected chi connectivity index (χ3v) is 3.78. The summed E-state index contributed by atoms with van der Waals surface area (Å²) in [5.74, 6) is 0.922. The number of hydrogen-bond donors (Lipinski definition) is 1. The normalized spacial score (nSPS) is 10.4. The number of methoxy groups -OCH3 is 1. The van der Waals surface area contributed by atoms with Gasteiger partial charge >= 0.3 is 0 Å². The number of nitrogens with one attached hydrogen (secondary N) is 1. The lowest BCUT2D eigenvalue weighted by Crippen LogP contribution is -2.22. The molecule has 0 radical (unpaired) electrons. The maximum atomic E-state index is 12.2. The Labute approximate surface area is 144 Å².